The molecule has 2 N–H and O–H groups in total. The van der Waals surface area contributed by atoms with Gasteiger partial charge in [0.2, 0.25) is 0 Å². The molecule has 4 heteroatoms. The van der Waals surface area contributed by atoms with Crippen LogP contribution in [0.4, 0.5) is 5.69 Å². The summed E-state index contributed by atoms with van der Waals surface area (Å²) >= 11 is 6.25. The second-order valence-corrected chi connectivity index (χ2v) is 6.28. The molecule has 1 atom stereocenters. The Morgan fingerprint density at radius 2 is 1.75 bits per heavy atom. The molecule has 130 valence electrons. The molecular formula is C20H27ClN2O. The van der Waals surface area contributed by atoms with Crippen LogP contribution in [0.2, 0.25) is 5.02 Å². The first-order chi connectivity index (χ1) is 11.6. The molecule has 2 aromatic carbocycles. The fraction of sp³-hybridized carbons (Fsp3) is 0.400. The Balaban J connectivity index is 2.14. The van der Waals surface area contributed by atoms with Gasteiger partial charge in [0.1, 0.15) is 5.75 Å². The standard InChI is InChI=1S/C20H27ClN2O/c1-4-23(5-2)18-9-6-15(7-10-18)12-17(14-22)16-8-11-20(24-3)19(21)13-16/h6-11,13,17H,4-5,12,14,22H2,1-3H3. The van der Waals surface area contributed by atoms with E-state index in [1.807, 2.05) is 18.2 Å². The lowest BCUT2D eigenvalue weighted by Gasteiger charge is -2.22. The molecule has 3 nitrogen and oxygen atoms in total. The molecule has 0 spiro atoms. The van der Waals surface area contributed by atoms with E-state index < -0.39 is 0 Å². The van der Waals surface area contributed by atoms with Crippen LogP contribution in [0.1, 0.15) is 30.9 Å². The van der Waals surface area contributed by atoms with E-state index in [0.717, 1.165) is 25.1 Å². The van der Waals surface area contributed by atoms with Crippen LogP contribution in [0, 0.1) is 0 Å². The van der Waals surface area contributed by atoms with Crippen LogP contribution in [0.25, 0.3) is 0 Å². The minimum absolute atomic E-state index is 0.243. The fourth-order valence-electron chi connectivity index (χ4n) is 2.99. The van der Waals surface area contributed by atoms with E-state index in [1.165, 1.54) is 11.3 Å². The molecule has 0 aliphatic rings. The maximum absolute atomic E-state index is 6.25. The molecule has 0 bridgehead atoms. The molecule has 0 radical (unpaired) electrons. The van der Waals surface area contributed by atoms with E-state index in [2.05, 4.69) is 43.0 Å². The molecule has 0 aliphatic carbocycles. The van der Waals surface area contributed by atoms with Crippen molar-refractivity contribution in [3.05, 3.63) is 58.6 Å². The number of nitrogens with two attached hydrogens (primary N) is 1. The molecule has 0 aliphatic heterocycles. The third-order valence-corrected chi connectivity index (χ3v) is 4.77. The van der Waals surface area contributed by atoms with E-state index >= 15 is 0 Å². The maximum atomic E-state index is 6.25. The first-order valence-electron chi connectivity index (χ1n) is 8.50. The van der Waals surface area contributed by atoms with Crippen LogP contribution in [0.15, 0.2) is 42.5 Å². The van der Waals surface area contributed by atoms with Gasteiger partial charge in [-0.2, -0.15) is 0 Å². The molecule has 0 heterocycles. The van der Waals surface area contributed by atoms with Gasteiger partial charge in [0.25, 0.3) is 0 Å². The number of anilines is 1. The third-order valence-electron chi connectivity index (χ3n) is 4.48. The topological polar surface area (TPSA) is 38.5 Å². The zero-order valence-corrected chi connectivity index (χ0v) is 15.5. The van der Waals surface area contributed by atoms with Crippen LogP contribution in [0.5, 0.6) is 5.75 Å². The van der Waals surface area contributed by atoms with E-state index in [9.17, 15) is 0 Å². The monoisotopic (exact) mass is 346 g/mol. The summed E-state index contributed by atoms with van der Waals surface area (Å²) in [6, 6.07) is 14.7. The lowest BCUT2D eigenvalue weighted by atomic mass is 9.92. The minimum atomic E-state index is 0.243. The van der Waals surface area contributed by atoms with Crippen LogP contribution in [-0.2, 0) is 6.42 Å². The number of hydrogen-bond donors (Lipinski definition) is 1. The number of benzene rings is 2. The van der Waals surface area contributed by atoms with E-state index in [-0.39, 0.29) is 5.92 Å². The Kier molecular flexibility index (Phi) is 6.95. The molecule has 1 unspecified atom stereocenters. The van der Waals surface area contributed by atoms with Gasteiger partial charge in [-0.3, -0.25) is 0 Å². The summed E-state index contributed by atoms with van der Waals surface area (Å²) in [6.07, 6.45) is 0.900. The average molecular weight is 347 g/mol. The molecule has 0 saturated carbocycles. The molecule has 2 aromatic rings. The predicted octanol–water partition coefficient (Wildman–Crippen LogP) is 4.48. The van der Waals surface area contributed by atoms with Gasteiger partial charge in [-0.15, -0.1) is 0 Å². The van der Waals surface area contributed by atoms with Crippen molar-refractivity contribution in [1.82, 2.24) is 0 Å². The number of halogens is 1. The Morgan fingerprint density at radius 1 is 1.08 bits per heavy atom. The first-order valence-corrected chi connectivity index (χ1v) is 8.88. The van der Waals surface area contributed by atoms with E-state index in [1.54, 1.807) is 7.11 Å². The second-order valence-electron chi connectivity index (χ2n) is 5.87. The SMILES string of the molecule is CCN(CC)c1ccc(CC(CN)c2ccc(OC)c(Cl)c2)cc1. The van der Waals surface area contributed by atoms with Gasteiger partial charge in [-0.05, 0) is 62.2 Å². The van der Waals surface area contributed by atoms with Crippen molar-refractivity contribution in [1.29, 1.82) is 0 Å². The van der Waals surface area contributed by atoms with Gasteiger partial charge in [0, 0.05) is 24.7 Å². The van der Waals surface area contributed by atoms with Crippen molar-refractivity contribution in [2.75, 3.05) is 31.6 Å². The highest BCUT2D eigenvalue weighted by atomic mass is 35.5. The Hall–Kier alpha value is -1.71. The molecule has 0 saturated heterocycles. The highest BCUT2D eigenvalue weighted by Crippen LogP contribution is 2.30. The summed E-state index contributed by atoms with van der Waals surface area (Å²) in [5.41, 5.74) is 9.71. The summed E-state index contributed by atoms with van der Waals surface area (Å²) in [7, 11) is 1.62. The summed E-state index contributed by atoms with van der Waals surface area (Å²) in [5, 5.41) is 0.630. The fourth-order valence-corrected chi connectivity index (χ4v) is 3.26. The zero-order valence-electron chi connectivity index (χ0n) is 14.8. The molecule has 24 heavy (non-hydrogen) atoms. The molecule has 0 aromatic heterocycles. The van der Waals surface area contributed by atoms with Crippen molar-refractivity contribution < 1.29 is 4.74 Å². The van der Waals surface area contributed by atoms with Crippen LogP contribution < -0.4 is 15.4 Å². The van der Waals surface area contributed by atoms with Crippen LogP contribution in [-0.4, -0.2) is 26.7 Å². The van der Waals surface area contributed by atoms with Gasteiger partial charge in [0.05, 0.1) is 12.1 Å². The average Bonchev–Trinajstić information content (AvgIpc) is 2.62. The normalized spacial score (nSPS) is 12.0. The third kappa shape index (κ3) is 4.43. The minimum Gasteiger partial charge on any atom is -0.495 e. The van der Waals surface area contributed by atoms with Gasteiger partial charge < -0.3 is 15.4 Å². The lowest BCUT2D eigenvalue weighted by Crippen LogP contribution is -2.21. The van der Waals surface area contributed by atoms with Crippen molar-refractivity contribution in [2.24, 2.45) is 5.73 Å². The Morgan fingerprint density at radius 3 is 2.25 bits per heavy atom. The van der Waals surface area contributed by atoms with E-state index in [0.29, 0.717) is 17.3 Å². The van der Waals surface area contributed by atoms with Crippen LogP contribution in [0.3, 0.4) is 0 Å². The number of methoxy groups -OCH3 is 1. The number of rotatable bonds is 8. The highest BCUT2D eigenvalue weighted by Gasteiger charge is 2.13. The number of nitrogens with zero attached hydrogens (tertiary/aromatic N) is 1. The molecule has 2 rings (SSSR count). The Bertz CT molecular complexity index is 639. The summed E-state index contributed by atoms with van der Waals surface area (Å²) in [6.45, 7) is 6.97. The second kappa shape index (κ2) is 8.95. The summed E-state index contributed by atoms with van der Waals surface area (Å²) in [5.74, 6) is 0.937. The highest BCUT2D eigenvalue weighted by molar-refractivity contribution is 6.32. The van der Waals surface area contributed by atoms with Crippen LogP contribution >= 0.6 is 11.6 Å². The number of hydrogen-bond acceptors (Lipinski definition) is 3. The van der Waals surface area contributed by atoms with Gasteiger partial charge in [0.15, 0.2) is 0 Å². The first kappa shape index (κ1) is 18.6. The summed E-state index contributed by atoms with van der Waals surface area (Å²) in [4.78, 5) is 2.34. The van der Waals surface area contributed by atoms with Crippen molar-refractivity contribution in [2.45, 2.75) is 26.2 Å². The lowest BCUT2D eigenvalue weighted by molar-refractivity contribution is 0.414. The smallest absolute Gasteiger partial charge is 0.137 e. The predicted molar refractivity (Wildman–Crippen MR) is 104 cm³/mol. The largest absolute Gasteiger partial charge is 0.495 e. The van der Waals surface area contributed by atoms with Gasteiger partial charge in [-0.1, -0.05) is 29.8 Å². The van der Waals surface area contributed by atoms with E-state index in [4.69, 9.17) is 22.1 Å². The molecule has 0 fully saturated rings. The Labute approximate surface area is 150 Å². The molecular weight excluding hydrogens is 320 g/mol. The summed E-state index contributed by atoms with van der Waals surface area (Å²) < 4.78 is 5.22. The maximum Gasteiger partial charge on any atom is 0.137 e. The number of ether oxygens (including phenoxy) is 1. The van der Waals surface area contributed by atoms with Crippen molar-refractivity contribution in [3.63, 3.8) is 0 Å². The zero-order chi connectivity index (χ0) is 17.5. The van der Waals surface area contributed by atoms with Gasteiger partial charge in [-0.25, -0.2) is 0 Å². The van der Waals surface area contributed by atoms with Gasteiger partial charge >= 0.3 is 0 Å². The quantitative estimate of drug-likeness (QED) is 0.765. The van der Waals surface area contributed by atoms with Crippen molar-refractivity contribution >= 4 is 17.3 Å². The molecule has 0 amide bonds. The van der Waals surface area contributed by atoms with Crippen molar-refractivity contribution in [3.8, 4) is 5.75 Å².